The van der Waals surface area contributed by atoms with Crippen molar-refractivity contribution in [1.29, 1.82) is 0 Å². The summed E-state index contributed by atoms with van der Waals surface area (Å²) in [6.07, 6.45) is 3.89. The van der Waals surface area contributed by atoms with Crippen LogP contribution in [-0.4, -0.2) is 16.0 Å². The molecule has 86 valence electrons. The summed E-state index contributed by atoms with van der Waals surface area (Å²) in [5, 5.41) is 19.0. The molecule has 2 rings (SSSR count). The van der Waals surface area contributed by atoms with Crippen molar-refractivity contribution in [1.82, 2.24) is 0 Å². The van der Waals surface area contributed by atoms with Crippen molar-refractivity contribution in [2.45, 2.75) is 38.0 Å². The molecule has 0 aromatic heterocycles. The Morgan fingerprint density at radius 2 is 1.94 bits per heavy atom. The molecule has 3 heteroatoms. The van der Waals surface area contributed by atoms with Crippen LogP contribution in [0.1, 0.15) is 43.6 Å². The van der Waals surface area contributed by atoms with Gasteiger partial charge in [0.05, 0.1) is 0 Å². The smallest absolute Gasteiger partial charge is 0.132 e. The second kappa shape index (κ2) is 4.56. The molecule has 1 aromatic rings. The number of carbonyl (C=O) groups excluding carboxylic acids is 1. The number of carbonyl (C=O) groups is 1. The van der Waals surface area contributed by atoms with Gasteiger partial charge in [-0.15, -0.1) is 0 Å². The van der Waals surface area contributed by atoms with Crippen LogP contribution in [0.3, 0.4) is 0 Å². The van der Waals surface area contributed by atoms with Crippen LogP contribution in [0.2, 0.25) is 0 Å². The largest absolute Gasteiger partial charge is 0.508 e. The molecule has 1 saturated carbocycles. The van der Waals surface area contributed by atoms with E-state index in [4.69, 9.17) is 0 Å². The Morgan fingerprint density at radius 3 is 2.69 bits per heavy atom. The summed E-state index contributed by atoms with van der Waals surface area (Å²) >= 11 is 0. The van der Waals surface area contributed by atoms with Gasteiger partial charge in [0, 0.05) is 18.9 Å². The molecule has 0 amide bonds. The molecular weight excluding hydrogens is 204 g/mol. The minimum atomic E-state index is 0.0750. The molecule has 1 fully saturated rings. The van der Waals surface area contributed by atoms with E-state index in [1.165, 1.54) is 6.07 Å². The first kappa shape index (κ1) is 11.0. The van der Waals surface area contributed by atoms with Gasteiger partial charge in [0.1, 0.15) is 17.3 Å². The fourth-order valence-corrected chi connectivity index (χ4v) is 2.34. The lowest BCUT2D eigenvalue weighted by Gasteiger charge is -2.15. The number of hydrogen-bond acceptors (Lipinski definition) is 3. The van der Waals surface area contributed by atoms with Gasteiger partial charge in [-0.2, -0.15) is 0 Å². The number of ketones is 1. The average Bonchev–Trinajstić information content (AvgIpc) is 2.43. The Labute approximate surface area is 94.7 Å². The molecular formula is C13H16O3. The maximum atomic E-state index is 11.3. The molecule has 0 saturated heterocycles. The third-order valence-corrected chi connectivity index (χ3v) is 3.23. The minimum Gasteiger partial charge on any atom is -0.508 e. The van der Waals surface area contributed by atoms with Crippen molar-refractivity contribution in [3.63, 3.8) is 0 Å². The number of aromatic hydroxyl groups is 2. The minimum absolute atomic E-state index is 0.0750. The maximum absolute atomic E-state index is 11.3. The van der Waals surface area contributed by atoms with E-state index in [1.807, 2.05) is 0 Å². The van der Waals surface area contributed by atoms with Gasteiger partial charge >= 0.3 is 0 Å². The Bertz CT molecular complexity index is 398. The van der Waals surface area contributed by atoms with Crippen molar-refractivity contribution in [3.05, 3.63) is 23.8 Å². The van der Waals surface area contributed by atoms with Gasteiger partial charge in [0.2, 0.25) is 0 Å². The van der Waals surface area contributed by atoms with E-state index in [0.29, 0.717) is 18.6 Å². The third-order valence-electron chi connectivity index (χ3n) is 3.23. The first-order valence-corrected chi connectivity index (χ1v) is 5.70. The quantitative estimate of drug-likeness (QED) is 0.715. The molecule has 1 aliphatic rings. The number of benzene rings is 1. The third kappa shape index (κ3) is 2.35. The van der Waals surface area contributed by atoms with E-state index in [9.17, 15) is 15.0 Å². The molecule has 16 heavy (non-hydrogen) atoms. The van der Waals surface area contributed by atoms with Crippen LogP contribution >= 0.6 is 0 Å². The molecule has 0 spiro atoms. The van der Waals surface area contributed by atoms with Crippen molar-refractivity contribution >= 4 is 5.78 Å². The van der Waals surface area contributed by atoms with Crippen LogP contribution in [0.15, 0.2) is 18.2 Å². The van der Waals surface area contributed by atoms with Crippen molar-refractivity contribution < 1.29 is 15.0 Å². The first-order chi connectivity index (χ1) is 7.66. The highest BCUT2D eigenvalue weighted by Gasteiger charge is 2.20. The average molecular weight is 220 g/mol. The number of hydrogen-bond donors (Lipinski definition) is 2. The molecule has 0 aliphatic heterocycles. The summed E-state index contributed by atoms with van der Waals surface area (Å²) in [6.45, 7) is 0. The van der Waals surface area contributed by atoms with Crippen molar-refractivity contribution in [2.75, 3.05) is 0 Å². The summed E-state index contributed by atoms with van der Waals surface area (Å²) in [6, 6.07) is 4.70. The fourth-order valence-electron chi connectivity index (χ4n) is 2.34. The van der Waals surface area contributed by atoms with E-state index in [-0.39, 0.29) is 17.4 Å². The zero-order valence-corrected chi connectivity index (χ0v) is 9.15. The molecule has 1 unspecified atom stereocenters. The van der Waals surface area contributed by atoms with Gasteiger partial charge in [0.15, 0.2) is 0 Å². The zero-order chi connectivity index (χ0) is 11.5. The van der Waals surface area contributed by atoms with Crippen LogP contribution < -0.4 is 0 Å². The first-order valence-electron chi connectivity index (χ1n) is 5.70. The standard InChI is InChI=1S/C13H16O3/c14-10-3-1-2-9(4-5-10)12-7-6-11(15)8-13(12)16/h6-9,15-16H,1-5H2. The molecule has 0 radical (unpaired) electrons. The second-order valence-corrected chi connectivity index (χ2v) is 4.41. The van der Waals surface area contributed by atoms with Crippen molar-refractivity contribution in [2.24, 2.45) is 0 Å². The van der Waals surface area contributed by atoms with Crippen LogP contribution in [-0.2, 0) is 4.79 Å². The molecule has 2 N–H and O–H groups in total. The molecule has 3 nitrogen and oxygen atoms in total. The predicted octanol–water partition coefficient (Wildman–Crippen LogP) is 2.71. The van der Waals surface area contributed by atoms with E-state index in [0.717, 1.165) is 24.8 Å². The van der Waals surface area contributed by atoms with Crippen LogP contribution in [0.4, 0.5) is 0 Å². The number of rotatable bonds is 1. The summed E-state index contributed by atoms with van der Waals surface area (Å²) in [7, 11) is 0. The van der Waals surface area contributed by atoms with Gasteiger partial charge in [-0.25, -0.2) is 0 Å². The highest BCUT2D eigenvalue weighted by Crippen LogP contribution is 2.36. The lowest BCUT2D eigenvalue weighted by Crippen LogP contribution is -1.98. The van der Waals surface area contributed by atoms with E-state index >= 15 is 0 Å². The number of phenols is 2. The summed E-state index contributed by atoms with van der Waals surface area (Å²) in [4.78, 5) is 11.3. The topological polar surface area (TPSA) is 57.5 Å². The van der Waals surface area contributed by atoms with Gasteiger partial charge in [-0.1, -0.05) is 6.07 Å². The van der Waals surface area contributed by atoms with E-state index in [1.54, 1.807) is 12.1 Å². The van der Waals surface area contributed by atoms with Crippen LogP contribution in [0, 0.1) is 0 Å². The molecule has 0 heterocycles. The van der Waals surface area contributed by atoms with Crippen molar-refractivity contribution in [3.8, 4) is 11.5 Å². The van der Waals surface area contributed by atoms with Gasteiger partial charge in [-0.05, 0) is 36.8 Å². The zero-order valence-electron chi connectivity index (χ0n) is 9.15. The lowest BCUT2D eigenvalue weighted by molar-refractivity contribution is -0.118. The fraction of sp³-hybridized carbons (Fsp3) is 0.462. The molecule has 1 aliphatic carbocycles. The predicted molar refractivity (Wildman–Crippen MR) is 60.6 cm³/mol. The molecule has 1 aromatic carbocycles. The molecule has 1 atom stereocenters. The van der Waals surface area contributed by atoms with E-state index in [2.05, 4.69) is 0 Å². The second-order valence-electron chi connectivity index (χ2n) is 4.41. The summed E-state index contributed by atoms with van der Waals surface area (Å²) in [5.41, 5.74) is 0.854. The monoisotopic (exact) mass is 220 g/mol. The normalized spacial score (nSPS) is 21.8. The summed E-state index contributed by atoms with van der Waals surface area (Å²) in [5.74, 6) is 0.776. The van der Waals surface area contributed by atoms with Crippen LogP contribution in [0.5, 0.6) is 11.5 Å². The van der Waals surface area contributed by atoms with Gasteiger partial charge < -0.3 is 10.2 Å². The van der Waals surface area contributed by atoms with E-state index < -0.39 is 0 Å². The Hall–Kier alpha value is -1.51. The lowest BCUT2D eigenvalue weighted by atomic mass is 9.91. The Kier molecular flexibility index (Phi) is 3.13. The van der Waals surface area contributed by atoms with Crippen LogP contribution in [0.25, 0.3) is 0 Å². The van der Waals surface area contributed by atoms with Gasteiger partial charge in [0.25, 0.3) is 0 Å². The number of Topliss-reactive ketones (excluding diaryl/α,β-unsaturated/α-hetero) is 1. The van der Waals surface area contributed by atoms with Gasteiger partial charge in [-0.3, -0.25) is 4.79 Å². The highest BCUT2D eigenvalue weighted by atomic mass is 16.3. The maximum Gasteiger partial charge on any atom is 0.132 e. The summed E-state index contributed by atoms with van der Waals surface area (Å²) < 4.78 is 0. The number of phenolic OH excluding ortho intramolecular Hbond substituents is 2. The Balaban J connectivity index is 2.19. The Morgan fingerprint density at radius 1 is 1.12 bits per heavy atom. The SMILES string of the molecule is O=C1CCCC(c2ccc(O)cc2O)CC1. The highest BCUT2D eigenvalue weighted by molar-refractivity contribution is 5.78. The molecule has 0 bridgehead atoms.